The molecule has 1 amide bonds. The Morgan fingerprint density at radius 2 is 0.923 bits per heavy atom. The highest BCUT2D eigenvalue weighted by Crippen LogP contribution is 1.85. The molecule has 26 heavy (non-hydrogen) atoms. The van der Waals surface area contributed by atoms with Gasteiger partial charge in [-0.2, -0.15) is 0 Å². The number of rotatable bonds is 20. The van der Waals surface area contributed by atoms with Crippen molar-refractivity contribution in [3.8, 4) is 0 Å². The summed E-state index contributed by atoms with van der Waals surface area (Å²) in [6.07, 6.45) is -0.466. The van der Waals surface area contributed by atoms with Crippen molar-refractivity contribution < 1.29 is 38.0 Å². The Morgan fingerprint density at radius 3 is 1.23 bits per heavy atom. The second kappa shape index (κ2) is 22.0. The van der Waals surface area contributed by atoms with Crippen LogP contribution in [0.25, 0.3) is 0 Å². The topological polar surface area (TPSA) is 120 Å². The summed E-state index contributed by atoms with van der Waals surface area (Å²) in [6.45, 7) is 6.71. The molecule has 0 spiro atoms. The van der Waals surface area contributed by atoms with Crippen LogP contribution < -0.4 is 11.1 Å². The van der Waals surface area contributed by atoms with Gasteiger partial charge in [-0.3, -0.25) is 0 Å². The third-order valence-electron chi connectivity index (χ3n) is 2.79. The molecular formula is C16H34N2O8. The molecule has 0 aromatic heterocycles. The van der Waals surface area contributed by atoms with Crippen molar-refractivity contribution >= 4 is 6.09 Å². The lowest BCUT2D eigenvalue weighted by Crippen LogP contribution is -2.21. The van der Waals surface area contributed by atoms with Crippen LogP contribution in [0.1, 0.15) is 0 Å². The molecule has 10 heteroatoms. The van der Waals surface area contributed by atoms with Crippen LogP contribution in [0.5, 0.6) is 0 Å². The van der Waals surface area contributed by atoms with E-state index in [0.717, 1.165) is 0 Å². The smallest absolute Gasteiger partial charge is 0.406 e. The van der Waals surface area contributed by atoms with Gasteiger partial charge in [-0.15, -0.1) is 0 Å². The second-order valence-corrected chi connectivity index (χ2v) is 4.85. The SMILES string of the molecule is CNC(=O)OCCOCCOCCOCCOCCOCCOCCN. The summed E-state index contributed by atoms with van der Waals surface area (Å²) in [5.74, 6) is 0. The highest BCUT2D eigenvalue weighted by Gasteiger charge is 1.97. The second-order valence-electron chi connectivity index (χ2n) is 4.85. The molecule has 0 saturated carbocycles. The summed E-state index contributed by atoms with van der Waals surface area (Å²) >= 11 is 0. The summed E-state index contributed by atoms with van der Waals surface area (Å²) < 4.78 is 36.5. The van der Waals surface area contributed by atoms with E-state index in [9.17, 15) is 4.79 Å². The Balaban J connectivity index is 3.00. The van der Waals surface area contributed by atoms with Gasteiger partial charge >= 0.3 is 6.09 Å². The number of ether oxygens (including phenoxy) is 7. The van der Waals surface area contributed by atoms with Crippen molar-refractivity contribution in [2.75, 3.05) is 99.5 Å². The maximum Gasteiger partial charge on any atom is 0.406 e. The van der Waals surface area contributed by atoms with Gasteiger partial charge in [0.05, 0.1) is 79.3 Å². The minimum absolute atomic E-state index is 0.218. The third-order valence-corrected chi connectivity index (χ3v) is 2.79. The third kappa shape index (κ3) is 21.0. The van der Waals surface area contributed by atoms with Gasteiger partial charge in [0, 0.05) is 13.6 Å². The van der Waals surface area contributed by atoms with Gasteiger partial charge in [0.15, 0.2) is 0 Å². The van der Waals surface area contributed by atoms with E-state index >= 15 is 0 Å². The number of carbonyl (C=O) groups excluding carboxylic acids is 1. The number of nitrogens with one attached hydrogen (secondary N) is 1. The monoisotopic (exact) mass is 382 g/mol. The molecule has 0 radical (unpaired) electrons. The lowest BCUT2D eigenvalue weighted by atomic mass is 10.6. The van der Waals surface area contributed by atoms with Crippen LogP contribution in [0.3, 0.4) is 0 Å². The number of alkyl carbamates (subject to hydrolysis) is 1. The predicted octanol–water partition coefficient (Wildman–Crippen LogP) is -0.599. The minimum Gasteiger partial charge on any atom is -0.447 e. The molecule has 0 unspecified atom stereocenters. The maximum absolute atomic E-state index is 10.8. The summed E-state index contributed by atoms with van der Waals surface area (Å²) in [7, 11) is 1.50. The van der Waals surface area contributed by atoms with Gasteiger partial charge in [0.25, 0.3) is 0 Å². The Labute approximate surface area is 155 Å². The zero-order chi connectivity index (χ0) is 19.1. The van der Waals surface area contributed by atoms with Crippen molar-refractivity contribution in [2.24, 2.45) is 5.73 Å². The van der Waals surface area contributed by atoms with E-state index in [1.807, 2.05) is 0 Å². The summed E-state index contributed by atoms with van der Waals surface area (Å²) in [5.41, 5.74) is 5.29. The van der Waals surface area contributed by atoms with E-state index in [2.05, 4.69) is 5.32 Å². The molecule has 0 aromatic rings. The molecule has 0 fully saturated rings. The van der Waals surface area contributed by atoms with Crippen LogP contribution in [0.15, 0.2) is 0 Å². The number of carbonyl (C=O) groups is 1. The molecule has 0 aliphatic rings. The quantitative estimate of drug-likeness (QED) is 0.266. The van der Waals surface area contributed by atoms with Crippen LogP contribution in [0, 0.1) is 0 Å². The molecule has 0 heterocycles. The fourth-order valence-electron chi connectivity index (χ4n) is 1.55. The first-order valence-electron chi connectivity index (χ1n) is 8.82. The first-order valence-corrected chi connectivity index (χ1v) is 8.82. The Kier molecular flexibility index (Phi) is 21.2. The minimum atomic E-state index is -0.466. The molecule has 0 saturated heterocycles. The van der Waals surface area contributed by atoms with E-state index in [4.69, 9.17) is 38.9 Å². The number of nitrogens with two attached hydrogens (primary N) is 1. The van der Waals surface area contributed by atoms with Crippen LogP contribution in [0.4, 0.5) is 4.79 Å². The predicted molar refractivity (Wildman–Crippen MR) is 94.4 cm³/mol. The summed E-state index contributed by atoms with van der Waals surface area (Å²) in [6, 6.07) is 0. The molecule has 0 rings (SSSR count). The highest BCUT2D eigenvalue weighted by molar-refractivity contribution is 5.66. The van der Waals surface area contributed by atoms with E-state index in [-0.39, 0.29) is 6.61 Å². The Morgan fingerprint density at radius 1 is 0.615 bits per heavy atom. The normalized spacial score (nSPS) is 10.8. The molecule has 0 bridgehead atoms. The standard InChI is InChI=1S/C16H34N2O8/c1-18-16(19)26-15-14-25-13-12-24-11-10-23-9-8-22-7-6-21-5-4-20-3-2-17/h2-15,17H2,1H3,(H,18,19). The highest BCUT2D eigenvalue weighted by atomic mass is 16.6. The van der Waals surface area contributed by atoms with E-state index < -0.39 is 6.09 Å². The van der Waals surface area contributed by atoms with Crippen molar-refractivity contribution in [1.29, 1.82) is 0 Å². The summed E-state index contributed by atoms with van der Waals surface area (Å²) in [4.78, 5) is 10.8. The van der Waals surface area contributed by atoms with Crippen LogP contribution in [0.2, 0.25) is 0 Å². The zero-order valence-corrected chi connectivity index (χ0v) is 15.7. The maximum atomic E-state index is 10.8. The lowest BCUT2D eigenvalue weighted by Gasteiger charge is -2.08. The van der Waals surface area contributed by atoms with E-state index in [1.165, 1.54) is 7.05 Å². The van der Waals surface area contributed by atoms with Crippen molar-refractivity contribution in [3.05, 3.63) is 0 Å². The Hall–Kier alpha value is -1.01. The van der Waals surface area contributed by atoms with Crippen LogP contribution in [-0.2, 0) is 33.2 Å². The van der Waals surface area contributed by atoms with Gasteiger partial charge in [0.2, 0.25) is 0 Å². The van der Waals surface area contributed by atoms with Gasteiger partial charge in [-0.05, 0) is 0 Å². The molecular weight excluding hydrogens is 348 g/mol. The van der Waals surface area contributed by atoms with E-state index in [0.29, 0.717) is 85.8 Å². The molecule has 0 aliphatic heterocycles. The molecule has 156 valence electrons. The average molecular weight is 382 g/mol. The van der Waals surface area contributed by atoms with Gasteiger partial charge in [0.1, 0.15) is 6.61 Å². The first kappa shape index (κ1) is 25.0. The fourth-order valence-corrected chi connectivity index (χ4v) is 1.55. The lowest BCUT2D eigenvalue weighted by molar-refractivity contribution is -0.0182. The summed E-state index contributed by atoms with van der Waals surface area (Å²) in [5, 5.41) is 2.35. The van der Waals surface area contributed by atoms with Gasteiger partial charge in [-0.1, -0.05) is 0 Å². The zero-order valence-electron chi connectivity index (χ0n) is 15.7. The van der Waals surface area contributed by atoms with Crippen LogP contribution >= 0.6 is 0 Å². The van der Waals surface area contributed by atoms with E-state index in [1.54, 1.807) is 0 Å². The molecule has 10 nitrogen and oxygen atoms in total. The average Bonchev–Trinajstić information content (AvgIpc) is 2.66. The fraction of sp³-hybridized carbons (Fsp3) is 0.938. The molecule has 3 N–H and O–H groups in total. The number of hydrogen-bond donors (Lipinski definition) is 2. The van der Waals surface area contributed by atoms with Crippen molar-refractivity contribution in [2.45, 2.75) is 0 Å². The Bertz CT molecular complexity index is 297. The van der Waals surface area contributed by atoms with Gasteiger partial charge in [-0.25, -0.2) is 4.79 Å². The van der Waals surface area contributed by atoms with Crippen molar-refractivity contribution in [1.82, 2.24) is 5.32 Å². The number of hydrogen-bond acceptors (Lipinski definition) is 9. The van der Waals surface area contributed by atoms with Crippen molar-refractivity contribution in [3.63, 3.8) is 0 Å². The first-order chi connectivity index (χ1) is 12.8. The van der Waals surface area contributed by atoms with Gasteiger partial charge < -0.3 is 44.2 Å². The molecule has 0 atom stereocenters. The number of amides is 1. The molecule has 0 aromatic carbocycles. The van der Waals surface area contributed by atoms with Crippen LogP contribution in [-0.4, -0.2) is 106 Å². The molecule has 0 aliphatic carbocycles. The largest absolute Gasteiger partial charge is 0.447 e.